The molecule has 8 aromatic rings. The van der Waals surface area contributed by atoms with E-state index < -0.39 is 0 Å². The molecule has 0 fully saturated rings. The van der Waals surface area contributed by atoms with E-state index in [1.165, 1.54) is 10.8 Å². The number of fused-ring (bicyclic) bond motifs is 9. The Kier molecular flexibility index (Phi) is 3.51. The summed E-state index contributed by atoms with van der Waals surface area (Å²) >= 11 is 0. The number of para-hydroxylation sites is 2. The molecule has 8 rings (SSSR count). The van der Waals surface area contributed by atoms with Crippen LogP contribution in [-0.2, 0) is 0 Å². The van der Waals surface area contributed by atoms with E-state index in [0.717, 1.165) is 54.8 Å². The highest BCUT2D eigenvalue weighted by atomic mass is 15.0. The van der Waals surface area contributed by atoms with Crippen LogP contribution in [0.1, 0.15) is 11.1 Å². The first-order valence-corrected chi connectivity index (χ1v) is 11.8. The van der Waals surface area contributed by atoms with E-state index in [0.29, 0.717) is 11.1 Å². The number of benzene rings is 5. The van der Waals surface area contributed by atoms with Crippen LogP contribution in [0.25, 0.3) is 65.6 Å². The van der Waals surface area contributed by atoms with E-state index in [1.54, 1.807) is 0 Å². The molecular formula is C32H16N4. The standard InChI is InChI=1S/C32H16N4/c33-17-19-9-11-30-24(13-19)26-15-21(16-27-25-14-20(18-34)10-12-31(25)36(30)32(26)27)35-28-7-3-1-5-22(28)23-6-2-4-8-29(23)35/h1-16H. The van der Waals surface area contributed by atoms with Crippen molar-refractivity contribution in [2.45, 2.75) is 0 Å². The van der Waals surface area contributed by atoms with Gasteiger partial charge in [0.05, 0.1) is 50.8 Å². The second-order valence-electron chi connectivity index (χ2n) is 9.28. The van der Waals surface area contributed by atoms with Gasteiger partial charge in [0.1, 0.15) is 0 Å². The second-order valence-corrected chi connectivity index (χ2v) is 9.28. The third kappa shape index (κ3) is 2.26. The fourth-order valence-corrected chi connectivity index (χ4v) is 6.00. The molecule has 3 aromatic heterocycles. The van der Waals surface area contributed by atoms with Gasteiger partial charge >= 0.3 is 0 Å². The Morgan fingerprint density at radius 2 is 0.972 bits per heavy atom. The molecule has 0 radical (unpaired) electrons. The molecule has 3 heterocycles. The average Bonchev–Trinajstić information content (AvgIpc) is 3.56. The molecule has 164 valence electrons. The molecule has 0 atom stereocenters. The van der Waals surface area contributed by atoms with Gasteiger partial charge in [-0.3, -0.25) is 0 Å². The molecule has 0 spiro atoms. The number of hydrogen-bond acceptors (Lipinski definition) is 2. The molecule has 36 heavy (non-hydrogen) atoms. The van der Waals surface area contributed by atoms with Gasteiger partial charge in [-0.1, -0.05) is 36.4 Å². The van der Waals surface area contributed by atoms with Crippen LogP contribution >= 0.6 is 0 Å². The lowest BCUT2D eigenvalue weighted by molar-refractivity contribution is 1.19. The molecule has 0 amide bonds. The maximum atomic E-state index is 9.61. The summed E-state index contributed by atoms with van der Waals surface area (Å²) < 4.78 is 4.59. The van der Waals surface area contributed by atoms with E-state index in [9.17, 15) is 10.5 Å². The summed E-state index contributed by atoms with van der Waals surface area (Å²) in [5.74, 6) is 0. The van der Waals surface area contributed by atoms with Crippen molar-refractivity contribution in [1.29, 1.82) is 10.5 Å². The Balaban J connectivity index is 1.63. The highest BCUT2D eigenvalue weighted by Crippen LogP contribution is 2.42. The van der Waals surface area contributed by atoms with Crippen molar-refractivity contribution in [2.75, 3.05) is 0 Å². The van der Waals surface area contributed by atoms with Crippen molar-refractivity contribution in [3.8, 4) is 17.8 Å². The molecule has 0 aliphatic carbocycles. The van der Waals surface area contributed by atoms with Crippen LogP contribution in [0.2, 0.25) is 0 Å². The van der Waals surface area contributed by atoms with Crippen molar-refractivity contribution >= 4 is 59.9 Å². The van der Waals surface area contributed by atoms with Gasteiger partial charge in [-0.25, -0.2) is 0 Å². The van der Waals surface area contributed by atoms with E-state index in [-0.39, 0.29) is 0 Å². The molecule has 0 saturated carbocycles. The highest BCUT2D eigenvalue weighted by molar-refractivity contribution is 6.24. The van der Waals surface area contributed by atoms with Crippen molar-refractivity contribution < 1.29 is 0 Å². The minimum Gasteiger partial charge on any atom is -0.309 e. The predicted octanol–water partition coefficient (Wildman–Crippen LogP) is 7.68. The first-order valence-electron chi connectivity index (χ1n) is 11.8. The van der Waals surface area contributed by atoms with Crippen LogP contribution in [0.4, 0.5) is 0 Å². The Bertz CT molecular complexity index is 2130. The number of nitrogens with zero attached hydrogens (tertiary/aromatic N) is 4. The first-order chi connectivity index (χ1) is 17.8. The molecular weight excluding hydrogens is 440 g/mol. The Morgan fingerprint density at radius 1 is 0.472 bits per heavy atom. The lowest BCUT2D eigenvalue weighted by Crippen LogP contribution is -1.93. The van der Waals surface area contributed by atoms with Gasteiger partial charge in [0.15, 0.2) is 0 Å². The van der Waals surface area contributed by atoms with Gasteiger partial charge in [0.25, 0.3) is 0 Å². The summed E-state index contributed by atoms with van der Waals surface area (Å²) in [7, 11) is 0. The van der Waals surface area contributed by atoms with Crippen LogP contribution < -0.4 is 0 Å². The lowest BCUT2D eigenvalue weighted by Gasteiger charge is -2.09. The first kappa shape index (κ1) is 19.0. The molecule has 0 aliphatic heterocycles. The highest BCUT2D eigenvalue weighted by Gasteiger charge is 2.21. The summed E-state index contributed by atoms with van der Waals surface area (Å²) in [4.78, 5) is 0. The minimum atomic E-state index is 0.644. The van der Waals surface area contributed by atoms with Gasteiger partial charge in [-0.15, -0.1) is 0 Å². The summed E-state index contributed by atoms with van der Waals surface area (Å²) in [6, 6.07) is 37.9. The molecule has 5 aromatic carbocycles. The zero-order valence-corrected chi connectivity index (χ0v) is 19.0. The van der Waals surface area contributed by atoms with E-state index in [1.807, 2.05) is 36.4 Å². The zero-order chi connectivity index (χ0) is 24.0. The van der Waals surface area contributed by atoms with Crippen molar-refractivity contribution in [1.82, 2.24) is 8.97 Å². The molecule has 4 nitrogen and oxygen atoms in total. The molecule has 0 aliphatic rings. The smallest absolute Gasteiger partial charge is 0.0991 e. The molecule has 0 bridgehead atoms. The Hall–Kier alpha value is -5.32. The monoisotopic (exact) mass is 456 g/mol. The number of rotatable bonds is 1. The van der Waals surface area contributed by atoms with Crippen LogP contribution in [0.5, 0.6) is 0 Å². The fourth-order valence-electron chi connectivity index (χ4n) is 6.00. The SMILES string of the molecule is N#Cc1ccc2c(c1)c1cc(-n3c4ccccc4c4ccccc43)cc3c4cc(C#N)ccc4n2c13. The third-order valence-corrected chi connectivity index (χ3v) is 7.47. The van der Waals surface area contributed by atoms with Crippen LogP contribution in [0.3, 0.4) is 0 Å². The number of hydrogen-bond donors (Lipinski definition) is 0. The molecule has 0 N–H and O–H groups in total. The largest absolute Gasteiger partial charge is 0.309 e. The van der Waals surface area contributed by atoms with Gasteiger partial charge in [0, 0.05) is 38.0 Å². The van der Waals surface area contributed by atoms with E-state index >= 15 is 0 Å². The third-order valence-electron chi connectivity index (χ3n) is 7.47. The van der Waals surface area contributed by atoms with Crippen molar-refractivity contribution in [2.24, 2.45) is 0 Å². The van der Waals surface area contributed by atoms with Gasteiger partial charge in [-0.2, -0.15) is 10.5 Å². The maximum Gasteiger partial charge on any atom is 0.0991 e. The number of aromatic nitrogens is 2. The van der Waals surface area contributed by atoms with Gasteiger partial charge in [-0.05, 0) is 60.7 Å². The number of nitriles is 2. The van der Waals surface area contributed by atoms with Crippen LogP contribution in [0, 0.1) is 22.7 Å². The van der Waals surface area contributed by atoms with Crippen LogP contribution in [-0.4, -0.2) is 8.97 Å². The van der Waals surface area contributed by atoms with Crippen molar-refractivity contribution in [3.63, 3.8) is 0 Å². The van der Waals surface area contributed by atoms with Gasteiger partial charge in [0.2, 0.25) is 0 Å². The van der Waals surface area contributed by atoms with E-state index in [2.05, 4.69) is 81.8 Å². The Morgan fingerprint density at radius 3 is 1.47 bits per heavy atom. The van der Waals surface area contributed by atoms with Crippen molar-refractivity contribution in [3.05, 3.63) is 108 Å². The molecule has 0 saturated heterocycles. The second kappa shape index (κ2) is 6.63. The summed E-state index contributed by atoms with van der Waals surface area (Å²) in [5.41, 5.74) is 7.89. The van der Waals surface area contributed by atoms with Crippen LogP contribution in [0.15, 0.2) is 97.1 Å². The maximum absolute atomic E-state index is 9.61. The van der Waals surface area contributed by atoms with E-state index in [4.69, 9.17) is 0 Å². The topological polar surface area (TPSA) is 56.9 Å². The quantitative estimate of drug-likeness (QED) is 0.254. The summed E-state index contributed by atoms with van der Waals surface area (Å²) in [6.45, 7) is 0. The molecule has 0 unspecified atom stereocenters. The lowest BCUT2D eigenvalue weighted by atomic mass is 10.0. The average molecular weight is 457 g/mol. The summed E-state index contributed by atoms with van der Waals surface area (Å²) in [6.07, 6.45) is 0. The normalized spacial score (nSPS) is 11.8. The fraction of sp³-hybridized carbons (Fsp3) is 0. The molecule has 4 heteroatoms. The predicted molar refractivity (Wildman–Crippen MR) is 145 cm³/mol. The summed E-state index contributed by atoms with van der Waals surface area (Å²) in [5, 5.41) is 26.0. The Labute approximate surface area is 205 Å². The van der Waals surface area contributed by atoms with Gasteiger partial charge < -0.3 is 8.97 Å². The zero-order valence-electron chi connectivity index (χ0n) is 19.0. The minimum absolute atomic E-state index is 0.644.